The molecule has 0 amide bonds. The van der Waals surface area contributed by atoms with Crippen molar-refractivity contribution < 1.29 is 8.78 Å². The van der Waals surface area contributed by atoms with Crippen molar-refractivity contribution in [3.05, 3.63) is 29.8 Å². The van der Waals surface area contributed by atoms with Gasteiger partial charge in [0.25, 0.3) is 0 Å². The van der Waals surface area contributed by atoms with E-state index in [1.54, 1.807) is 0 Å². The lowest BCUT2D eigenvalue weighted by molar-refractivity contribution is 0.293. The van der Waals surface area contributed by atoms with E-state index in [2.05, 4.69) is 12.2 Å². The SMILES string of the molecule is CC1CCCC(CNc2c(F)cccc2F)C1. The van der Waals surface area contributed by atoms with Crippen LogP contribution >= 0.6 is 0 Å². The van der Waals surface area contributed by atoms with Crippen LogP contribution in [0.1, 0.15) is 32.6 Å². The van der Waals surface area contributed by atoms with Gasteiger partial charge in [0.2, 0.25) is 0 Å². The summed E-state index contributed by atoms with van der Waals surface area (Å²) in [4.78, 5) is 0. The van der Waals surface area contributed by atoms with E-state index in [0.29, 0.717) is 12.5 Å². The highest BCUT2D eigenvalue weighted by atomic mass is 19.1. The Hall–Kier alpha value is -1.12. The molecule has 3 heteroatoms. The maximum Gasteiger partial charge on any atom is 0.149 e. The average Bonchev–Trinajstić information content (AvgIpc) is 2.28. The second-order valence-corrected chi connectivity index (χ2v) is 5.12. The molecular weight excluding hydrogens is 220 g/mol. The molecule has 1 saturated carbocycles. The van der Waals surface area contributed by atoms with Crippen molar-refractivity contribution in [2.45, 2.75) is 32.6 Å². The fourth-order valence-corrected chi connectivity index (χ4v) is 2.66. The summed E-state index contributed by atoms with van der Waals surface area (Å²) >= 11 is 0. The normalized spacial score (nSPS) is 24.6. The molecule has 2 unspecified atom stereocenters. The smallest absolute Gasteiger partial charge is 0.149 e. The summed E-state index contributed by atoms with van der Waals surface area (Å²) in [7, 11) is 0. The molecule has 94 valence electrons. The molecular formula is C14H19F2N. The Bertz CT molecular complexity index is 358. The van der Waals surface area contributed by atoms with Crippen molar-refractivity contribution in [2.75, 3.05) is 11.9 Å². The molecule has 0 saturated heterocycles. The van der Waals surface area contributed by atoms with Gasteiger partial charge < -0.3 is 5.32 Å². The molecule has 0 aromatic heterocycles. The minimum atomic E-state index is -0.506. The van der Waals surface area contributed by atoms with Crippen molar-refractivity contribution in [1.29, 1.82) is 0 Å². The van der Waals surface area contributed by atoms with E-state index < -0.39 is 11.6 Å². The van der Waals surface area contributed by atoms with Gasteiger partial charge in [-0.2, -0.15) is 0 Å². The summed E-state index contributed by atoms with van der Waals surface area (Å²) in [5.74, 6) is 0.265. The third-order valence-corrected chi connectivity index (χ3v) is 3.58. The number of anilines is 1. The summed E-state index contributed by atoms with van der Waals surface area (Å²) in [5.41, 5.74) is 0.0192. The van der Waals surface area contributed by atoms with E-state index in [0.717, 1.165) is 18.8 Å². The molecule has 1 fully saturated rings. The number of para-hydroxylation sites is 1. The molecule has 0 aliphatic heterocycles. The van der Waals surface area contributed by atoms with Crippen LogP contribution in [-0.2, 0) is 0 Å². The third kappa shape index (κ3) is 3.18. The van der Waals surface area contributed by atoms with Crippen LogP contribution in [0.3, 0.4) is 0 Å². The van der Waals surface area contributed by atoms with Crippen molar-refractivity contribution in [3.8, 4) is 0 Å². The topological polar surface area (TPSA) is 12.0 Å². The molecule has 1 N–H and O–H groups in total. The Morgan fingerprint density at radius 1 is 1.24 bits per heavy atom. The van der Waals surface area contributed by atoms with Gasteiger partial charge in [-0.1, -0.05) is 25.8 Å². The highest BCUT2D eigenvalue weighted by Gasteiger charge is 2.19. The summed E-state index contributed by atoms with van der Waals surface area (Å²) in [5, 5.41) is 2.92. The molecule has 0 spiro atoms. The molecule has 2 atom stereocenters. The number of hydrogen-bond acceptors (Lipinski definition) is 1. The Morgan fingerprint density at radius 3 is 2.59 bits per heavy atom. The van der Waals surface area contributed by atoms with Gasteiger partial charge in [0.1, 0.15) is 17.3 Å². The Morgan fingerprint density at radius 2 is 1.94 bits per heavy atom. The van der Waals surface area contributed by atoms with Gasteiger partial charge in [0.05, 0.1) is 0 Å². The molecule has 2 rings (SSSR count). The summed E-state index contributed by atoms with van der Waals surface area (Å²) in [6.45, 7) is 2.91. The highest BCUT2D eigenvalue weighted by molar-refractivity contribution is 5.45. The van der Waals surface area contributed by atoms with Crippen molar-refractivity contribution in [2.24, 2.45) is 11.8 Å². The standard InChI is InChI=1S/C14H19F2N/c1-10-4-2-5-11(8-10)9-17-14-12(15)6-3-7-13(14)16/h3,6-7,10-11,17H,2,4-5,8-9H2,1H3. The van der Waals surface area contributed by atoms with Gasteiger partial charge in [-0.25, -0.2) is 8.78 Å². The molecule has 1 aliphatic carbocycles. The van der Waals surface area contributed by atoms with Crippen LogP contribution in [0.4, 0.5) is 14.5 Å². The lowest BCUT2D eigenvalue weighted by atomic mass is 9.82. The van der Waals surface area contributed by atoms with E-state index in [-0.39, 0.29) is 5.69 Å². The second-order valence-electron chi connectivity index (χ2n) is 5.12. The predicted molar refractivity (Wildman–Crippen MR) is 66.0 cm³/mol. The fourth-order valence-electron chi connectivity index (χ4n) is 2.66. The van der Waals surface area contributed by atoms with Gasteiger partial charge in [-0.15, -0.1) is 0 Å². The van der Waals surface area contributed by atoms with Gasteiger partial charge in [-0.05, 0) is 36.8 Å². The van der Waals surface area contributed by atoms with Crippen LogP contribution in [0.25, 0.3) is 0 Å². The lowest BCUT2D eigenvalue weighted by Gasteiger charge is -2.27. The number of halogens is 2. The molecule has 17 heavy (non-hydrogen) atoms. The molecule has 1 aromatic carbocycles. The summed E-state index contributed by atoms with van der Waals surface area (Å²) < 4.78 is 26.8. The molecule has 0 heterocycles. The van der Waals surface area contributed by atoms with E-state index in [9.17, 15) is 8.78 Å². The first-order valence-electron chi connectivity index (χ1n) is 6.34. The van der Waals surface area contributed by atoms with Crippen molar-refractivity contribution in [3.63, 3.8) is 0 Å². The van der Waals surface area contributed by atoms with Crippen LogP contribution in [0, 0.1) is 23.5 Å². The molecule has 0 radical (unpaired) electrons. The van der Waals surface area contributed by atoms with Crippen LogP contribution < -0.4 is 5.32 Å². The van der Waals surface area contributed by atoms with E-state index in [1.807, 2.05) is 0 Å². The van der Waals surface area contributed by atoms with Crippen molar-refractivity contribution >= 4 is 5.69 Å². The zero-order chi connectivity index (χ0) is 12.3. The van der Waals surface area contributed by atoms with E-state index in [4.69, 9.17) is 0 Å². The number of benzene rings is 1. The van der Waals surface area contributed by atoms with Crippen LogP contribution in [-0.4, -0.2) is 6.54 Å². The molecule has 1 nitrogen and oxygen atoms in total. The minimum absolute atomic E-state index is 0.0192. The van der Waals surface area contributed by atoms with Gasteiger partial charge >= 0.3 is 0 Å². The van der Waals surface area contributed by atoms with Crippen LogP contribution in [0.15, 0.2) is 18.2 Å². The van der Waals surface area contributed by atoms with Crippen molar-refractivity contribution in [1.82, 2.24) is 0 Å². The first-order chi connectivity index (χ1) is 8.16. The fraction of sp³-hybridized carbons (Fsp3) is 0.571. The third-order valence-electron chi connectivity index (χ3n) is 3.58. The predicted octanol–water partition coefficient (Wildman–Crippen LogP) is 4.20. The lowest BCUT2D eigenvalue weighted by Crippen LogP contribution is -2.21. The number of hydrogen-bond donors (Lipinski definition) is 1. The van der Waals surface area contributed by atoms with Gasteiger partial charge in [0.15, 0.2) is 0 Å². The van der Waals surface area contributed by atoms with Gasteiger partial charge in [0, 0.05) is 6.54 Å². The largest absolute Gasteiger partial charge is 0.380 e. The Kier molecular flexibility index (Phi) is 3.97. The number of nitrogens with one attached hydrogen (secondary N) is 1. The average molecular weight is 239 g/mol. The Balaban J connectivity index is 1.93. The maximum atomic E-state index is 13.4. The van der Waals surface area contributed by atoms with Gasteiger partial charge in [-0.3, -0.25) is 0 Å². The zero-order valence-corrected chi connectivity index (χ0v) is 10.2. The monoisotopic (exact) mass is 239 g/mol. The quantitative estimate of drug-likeness (QED) is 0.833. The first-order valence-corrected chi connectivity index (χ1v) is 6.34. The molecule has 1 aliphatic rings. The maximum absolute atomic E-state index is 13.4. The first kappa shape index (κ1) is 12.3. The van der Waals surface area contributed by atoms with E-state index >= 15 is 0 Å². The zero-order valence-electron chi connectivity index (χ0n) is 10.2. The van der Waals surface area contributed by atoms with E-state index in [1.165, 1.54) is 31.0 Å². The number of rotatable bonds is 3. The summed E-state index contributed by atoms with van der Waals surface area (Å²) in [6.07, 6.45) is 4.83. The Labute approximate surface area is 101 Å². The van der Waals surface area contributed by atoms with Crippen LogP contribution in [0.5, 0.6) is 0 Å². The highest BCUT2D eigenvalue weighted by Crippen LogP contribution is 2.29. The molecule has 0 bridgehead atoms. The second kappa shape index (κ2) is 5.48. The molecule has 1 aromatic rings. The minimum Gasteiger partial charge on any atom is -0.380 e. The summed E-state index contributed by atoms with van der Waals surface area (Å²) in [6, 6.07) is 3.96. The van der Waals surface area contributed by atoms with Crippen LogP contribution in [0.2, 0.25) is 0 Å².